The van der Waals surface area contributed by atoms with Crippen LogP contribution in [0.15, 0.2) is 72.8 Å². The van der Waals surface area contributed by atoms with Crippen molar-refractivity contribution in [2.75, 3.05) is 13.1 Å². The normalized spacial score (nSPS) is 18.6. The first-order chi connectivity index (χ1) is 16.6. The molecule has 3 nitrogen and oxygen atoms in total. The zero-order valence-corrected chi connectivity index (χ0v) is 19.9. The highest BCUT2D eigenvalue weighted by Gasteiger charge is 2.33. The predicted molar refractivity (Wildman–Crippen MR) is 134 cm³/mol. The highest BCUT2D eigenvalue weighted by Crippen LogP contribution is 2.33. The van der Waals surface area contributed by atoms with Gasteiger partial charge >= 0.3 is 0 Å². The summed E-state index contributed by atoms with van der Waals surface area (Å²) in [7, 11) is 0. The molecule has 0 saturated carbocycles. The molecule has 1 amide bonds. The fraction of sp³-hybridized carbons (Fsp3) is 0.367. The number of fused-ring (bicyclic) bond motifs is 1. The Morgan fingerprint density at radius 2 is 1.62 bits per heavy atom. The largest absolute Gasteiger partial charge is 0.333 e. The van der Waals surface area contributed by atoms with E-state index in [2.05, 4.69) is 60.4 Å². The molecule has 3 aromatic rings. The lowest BCUT2D eigenvalue weighted by Crippen LogP contribution is -2.47. The number of likely N-dealkylation sites (tertiary alicyclic amines) is 1. The van der Waals surface area contributed by atoms with Gasteiger partial charge in [0, 0.05) is 24.2 Å². The molecule has 1 unspecified atom stereocenters. The van der Waals surface area contributed by atoms with Crippen LogP contribution in [0.4, 0.5) is 4.39 Å². The first-order valence-corrected chi connectivity index (χ1v) is 12.5. The van der Waals surface area contributed by atoms with Gasteiger partial charge in [0.2, 0.25) is 5.91 Å². The second-order valence-corrected chi connectivity index (χ2v) is 9.78. The fourth-order valence-corrected chi connectivity index (χ4v) is 5.74. The van der Waals surface area contributed by atoms with Crippen LogP contribution in [-0.2, 0) is 24.2 Å². The van der Waals surface area contributed by atoms with E-state index in [1.165, 1.54) is 34.7 Å². The minimum absolute atomic E-state index is 0.0613. The average Bonchev–Trinajstić information content (AvgIpc) is 3.28. The summed E-state index contributed by atoms with van der Waals surface area (Å²) < 4.78 is 14.6. The van der Waals surface area contributed by atoms with Gasteiger partial charge in [-0.1, -0.05) is 73.2 Å². The third kappa shape index (κ3) is 4.78. The molecular weight excluding hydrogens is 423 g/mol. The molecule has 3 aromatic carbocycles. The Labute approximate surface area is 202 Å². The Hall–Kier alpha value is -2.98. The molecular formula is C30H33FN2O. The zero-order chi connectivity index (χ0) is 23.5. The van der Waals surface area contributed by atoms with Gasteiger partial charge in [0.25, 0.3) is 0 Å². The quantitative estimate of drug-likeness (QED) is 0.464. The third-order valence-corrected chi connectivity index (χ3v) is 7.59. The van der Waals surface area contributed by atoms with E-state index in [4.69, 9.17) is 0 Å². The van der Waals surface area contributed by atoms with Crippen LogP contribution in [-0.4, -0.2) is 34.8 Å². The number of nitrogens with zero attached hydrogens (tertiary/aromatic N) is 2. The minimum Gasteiger partial charge on any atom is -0.333 e. The number of rotatable bonds is 6. The van der Waals surface area contributed by atoms with Crippen molar-refractivity contribution in [3.8, 4) is 0 Å². The van der Waals surface area contributed by atoms with E-state index in [9.17, 15) is 9.18 Å². The van der Waals surface area contributed by atoms with Gasteiger partial charge in [-0.3, -0.25) is 9.69 Å². The average molecular weight is 457 g/mol. The predicted octanol–water partition coefficient (Wildman–Crippen LogP) is 5.86. The van der Waals surface area contributed by atoms with Crippen LogP contribution in [0.1, 0.15) is 53.1 Å². The maximum absolute atomic E-state index is 14.6. The number of amides is 1. The summed E-state index contributed by atoms with van der Waals surface area (Å²) in [5.41, 5.74) is 5.79. The number of benzene rings is 3. The minimum atomic E-state index is -0.244. The van der Waals surface area contributed by atoms with Crippen molar-refractivity contribution < 1.29 is 9.18 Å². The molecule has 1 atom stereocenters. The van der Waals surface area contributed by atoms with Crippen LogP contribution in [0, 0.1) is 12.7 Å². The molecule has 0 bridgehead atoms. The molecule has 0 aromatic heterocycles. The Bertz CT molecular complexity index is 1130. The Kier molecular flexibility index (Phi) is 6.77. The van der Waals surface area contributed by atoms with Crippen molar-refractivity contribution >= 4 is 5.91 Å². The van der Waals surface area contributed by atoms with Crippen LogP contribution < -0.4 is 0 Å². The number of halogens is 1. The number of hydrogen-bond acceptors (Lipinski definition) is 2. The third-order valence-electron chi connectivity index (χ3n) is 7.59. The second-order valence-electron chi connectivity index (χ2n) is 9.78. The Morgan fingerprint density at radius 3 is 2.35 bits per heavy atom. The van der Waals surface area contributed by atoms with Gasteiger partial charge < -0.3 is 4.90 Å². The van der Waals surface area contributed by atoms with Crippen LogP contribution in [0.3, 0.4) is 0 Å². The molecule has 1 heterocycles. The van der Waals surface area contributed by atoms with Crippen LogP contribution in [0.25, 0.3) is 0 Å². The maximum Gasteiger partial charge on any atom is 0.237 e. The van der Waals surface area contributed by atoms with E-state index in [0.717, 1.165) is 32.2 Å². The Morgan fingerprint density at radius 1 is 0.941 bits per heavy atom. The van der Waals surface area contributed by atoms with Gasteiger partial charge in [0.1, 0.15) is 5.82 Å². The molecule has 4 heteroatoms. The number of carbonyl (C=O) groups excluding carboxylic acids is 1. The fourth-order valence-electron chi connectivity index (χ4n) is 5.74. The summed E-state index contributed by atoms with van der Waals surface area (Å²) in [6, 6.07) is 24.1. The van der Waals surface area contributed by atoms with E-state index in [1.54, 1.807) is 12.1 Å². The van der Waals surface area contributed by atoms with Crippen molar-refractivity contribution in [3.63, 3.8) is 0 Å². The summed E-state index contributed by atoms with van der Waals surface area (Å²) in [5, 5.41) is 0. The molecule has 176 valence electrons. The van der Waals surface area contributed by atoms with Gasteiger partial charge in [0.05, 0.1) is 6.54 Å². The van der Waals surface area contributed by atoms with Gasteiger partial charge in [-0.25, -0.2) is 4.39 Å². The number of carbonyl (C=O) groups is 1. The second kappa shape index (κ2) is 10.1. The van der Waals surface area contributed by atoms with Crippen molar-refractivity contribution in [2.45, 2.75) is 57.7 Å². The lowest BCUT2D eigenvalue weighted by Gasteiger charge is -2.38. The van der Waals surface area contributed by atoms with Gasteiger partial charge in [-0.15, -0.1) is 0 Å². The van der Waals surface area contributed by atoms with Crippen LogP contribution >= 0.6 is 0 Å². The van der Waals surface area contributed by atoms with E-state index in [0.29, 0.717) is 18.7 Å². The highest BCUT2D eigenvalue weighted by molar-refractivity contribution is 5.79. The van der Waals surface area contributed by atoms with Gasteiger partial charge in [0.15, 0.2) is 0 Å². The first-order valence-electron chi connectivity index (χ1n) is 12.5. The summed E-state index contributed by atoms with van der Waals surface area (Å²) in [4.78, 5) is 18.2. The zero-order valence-electron chi connectivity index (χ0n) is 19.9. The monoisotopic (exact) mass is 456 g/mol. The number of aryl methyl sites for hydroxylation is 1. The molecule has 1 saturated heterocycles. The molecule has 1 fully saturated rings. The SMILES string of the molecule is Cc1ccccc1C1CCCCN1CC(=O)N(Cc1ccccc1F)C1Cc2ccccc2C1. The van der Waals surface area contributed by atoms with Crippen molar-refractivity contribution in [1.29, 1.82) is 0 Å². The van der Waals surface area contributed by atoms with Crippen molar-refractivity contribution in [3.05, 3.63) is 106 Å². The summed E-state index contributed by atoms with van der Waals surface area (Å²) >= 11 is 0. The van der Waals surface area contributed by atoms with Crippen molar-refractivity contribution in [1.82, 2.24) is 9.80 Å². The molecule has 5 rings (SSSR count). The van der Waals surface area contributed by atoms with E-state index >= 15 is 0 Å². The van der Waals surface area contributed by atoms with Crippen molar-refractivity contribution in [2.24, 2.45) is 0 Å². The summed E-state index contributed by atoms with van der Waals surface area (Å²) in [6.07, 6.45) is 5.02. The number of hydrogen-bond donors (Lipinski definition) is 0. The van der Waals surface area contributed by atoms with Crippen LogP contribution in [0.2, 0.25) is 0 Å². The maximum atomic E-state index is 14.6. The lowest BCUT2D eigenvalue weighted by atomic mass is 9.92. The van der Waals surface area contributed by atoms with E-state index < -0.39 is 0 Å². The summed E-state index contributed by atoms with van der Waals surface area (Å²) in [5.74, 6) is -0.145. The first kappa shape index (κ1) is 22.8. The van der Waals surface area contributed by atoms with Gasteiger partial charge in [-0.05, 0) is 67.5 Å². The Balaban J connectivity index is 1.39. The molecule has 0 N–H and O–H groups in total. The molecule has 34 heavy (non-hydrogen) atoms. The molecule has 1 aliphatic heterocycles. The topological polar surface area (TPSA) is 23.6 Å². The smallest absolute Gasteiger partial charge is 0.237 e. The molecule has 0 spiro atoms. The molecule has 2 aliphatic rings. The lowest BCUT2D eigenvalue weighted by molar-refractivity contribution is -0.136. The highest BCUT2D eigenvalue weighted by atomic mass is 19.1. The number of piperidine rings is 1. The standard InChI is InChI=1S/C30H33FN2O/c1-22-10-2-6-14-27(22)29-16-8-9-17-32(29)21-30(34)33(20-25-13-5-7-15-28(25)31)26-18-23-11-3-4-12-24(23)19-26/h2-7,10-15,26,29H,8-9,16-21H2,1H3. The van der Waals surface area contributed by atoms with E-state index in [1.807, 2.05) is 11.0 Å². The molecule has 0 radical (unpaired) electrons. The van der Waals surface area contributed by atoms with E-state index in [-0.39, 0.29) is 23.8 Å². The molecule has 1 aliphatic carbocycles. The van der Waals surface area contributed by atoms with Crippen LogP contribution in [0.5, 0.6) is 0 Å². The summed E-state index contributed by atoms with van der Waals surface area (Å²) in [6.45, 7) is 3.76. The van der Waals surface area contributed by atoms with Gasteiger partial charge in [-0.2, -0.15) is 0 Å².